The van der Waals surface area contributed by atoms with Crippen LogP contribution in [0.15, 0.2) is 35.2 Å². The minimum absolute atomic E-state index is 0.140. The Hall–Kier alpha value is -6.13. The average Bonchev–Trinajstić information content (AvgIpc) is 3.25. The molecule has 16 atom stereocenters. The van der Waals surface area contributed by atoms with Gasteiger partial charge in [-0.25, -0.2) is 0 Å². The SMILES string of the molecule is CC(=O)OCC1OC(OC2C(OC(C)=O)C(COC(C)=O)OC(OC3C(OC(C)=O)C(COC(C)=O)OC(S(=O)c4ccccc4)C3OC(C)=O)C2OC(C)=O)C(OC(C)=O)C(OC(C)=O)C1OC(C)=O. The van der Waals surface area contributed by atoms with Gasteiger partial charge in [-0.2, -0.15) is 0 Å². The maximum Gasteiger partial charge on any atom is 0.303 e. The molecule has 3 heterocycles. The second-order valence-electron chi connectivity index (χ2n) is 15.9. The minimum Gasteiger partial charge on any atom is -0.463 e. The van der Waals surface area contributed by atoms with Gasteiger partial charge in [0.25, 0.3) is 0 Å². The van der Waals surface area contributed by atoms with Crippen molar-refractivity contribution in [2.75, 3.05) is 19.8 Å². The van der Waals surface area contributed by atoms with E-state index >= 15 is 0 Å². The molecule has 1 aromatic carbocycles. The third-order valence-electron chi connectivity index (χ3n) is 10.0. The van der Waals surface area contributed by atoms with Gasteiger partial charge in [0.05, 0.1) is 10.8 Å². The molecule has 3 aliphatic heterocycles. The van der Waals surface area contributed by atoms with E-state index in [9.17, 15) is 52.2 Å². The summed E-state index contributed by atoms with van der Waals surface area (Å²) in [6.07, 6.45) is -25.9. The van der Waals surface area contributed by atoms with E-state index in [4.69, 9.17) is 71.1 Å². The molecule has 0 N–H and O–H groups in total. The maximum absolute atomic E-state index is 14.4. The topological polar surface area (TPSA) is 326 Å². The summed E-state index contributed by atoms with van der Waals surface area (Å²) in [6, 6.07) is 7.66. The number of carbonyl (C=O) groups is 10. The summed E-state index contributed by atoms with van der Waals surface area (Å²) in [5, 5.41) is 0. The van der Waals surface area contributed by atoms with Crippen LogP contribution in [-0.2, 0) is 130 Å². The van der Waals surface area contributed by atoms with Gasteiger partial charge in [-0.15, -0.1) is 0 Å². The zero-order valence-corrected chi connectivity index (χ0v) is 41.0. The number of ether oxygens (including phenoxy) is 15. The molecule has 394 valence electrons. The van der Waals surface area contributed by atoms with E-state index < -0.39 is 182 Å². The second kappa shape index (κ2) is 26.4. The van der Waals surface area contributed by atoms with Crippen molar-refractivity contribution >= 4 is 70.5 Å². The number of hydrogen-bond donors (Lipinski definition) is 0. The number of esters is 10. The maximum atomic E-state index is 14.4. The molecule has 0 aliphatic carbocycles. The van der Waals surface area contributed by atoms with Crippen LogP contribution < -0.4 is 0 Å². The molecular weight excluding hydrogens is 977 g/mol. The predicted molar refractivity (Wildman–Crippen MR) is 227 cm³/mol. The predicted octanol–water partition coefficient (Wildman–Crippen LogP) is -0.0495. The molecule has 0 saturated carbocycles. The summed E-state index contributed by atoms with van der Waals surface area (Å²) >= 11 is 0. The quantitative estimate of drug-likeness (QED) is 0.129. The highest BCUT2D eigenvalue weighted by atomic mass is 32.2. The first-order chi connectivity index (χ1) is 33.4. The van der Waals surface area contributed by atoms with Crippen LogP contribution in [0.3, 0.4) is 0 Å². The molecule has 0 aromatic heterocycles. The molecule has 3 fully saturated rings. The number of rotatable bonds is 19. The van der Waals surface area contributed by atoms with Gasteiger partial charge in [0.2, 0.25) is 0 Å². The van der Waals surface area contributed by atoms with Crippen molar-refractivity contribution in [3.8, 4) is 0 Å². The van der Waals surface area contributed by atoms with Gasteiger partial charge in [-0.1, -0.05) is 18.2 Å². The van der Waals surface area contributed by atoms with Gasteiger partial charge in [0.15, 0.2) is 60.7 Å². The van der Waals surface area contributed by atoms with Gasteiger partial charge in [-0.05, 0) is 12.1 Å². The fourth-order valence-electron chi connectivity index (χ4n) is 7.61. The molecule has 1 aromatic rings. The second-order valence-corrected chi connectivity index (χ2v) is 17.4. The molecule has 16 unspecified atom stereocenters. The lowest BCUT2D eigenvalue weighted by molar-refractivity contribution is -0.373. The molecule has 26 nitrogen and oxygen atoms in total. The van der Waals surface area contributed by atoms with Crippen molar-refractivity contribution in [3.05, 3.63) is 30.3 Å². The Kier molecular flexibility index (Phi) is 21.3. The van der Waals surface area contributed by atoms with Crippen LogP contribution in [0, 0.1) is 0 Å². The van der Waals surface area contributed by atoms with E-state index in [1.807, 2.05) is 0 Å². The van der Waals surface area contributed by atoms with Crippen molar-refractivity contribution in [1.29, 1.82) is 0 Å². The zero-order valence-electron chi connectivity index (χ0n) is 40.2. The molecule has 27 heteroatoms. The summed E-state index contributed by atoms with van der Waals surface area (Å²) in [5.41, 5.74) is -1.72. The van der Waals surface area contributed by atoms with Crippen LogP contribution >= 0.6 is 0 Å². The summed E-state index contributed by atoms with van der Waals surface area (Å²) in [7, 11) is -2.28. The van der Waals surface area contributed by atoms with Crippen LogP contribution in [0.2, 0.25) is 0 Å². The van der Waals surface area contributed by atoms with Crippen molar-refractivity contribution < 1.29 is 123 Å². The van der Waals surface area contributed by atoms with Crippen LogP contribution in [0.1, 0.15) is 69.2 Å². The molecule has 0 spiro atoms. The Morgan fingerprint density at radius 3 is 1.04 bits per heavy atom. The molecule has 3 saturated heterocycles. The summed E-state index contributed by atoms with van der Waals surface area (Å²) in [4.78, 5) is 126. The highest BCUT2D eigenvalue weighted by Gasteiger charge is 2.60. The fourth-order valence-corrected chi connectivity index (χ4v) is 9.01. The third-order valence-corrected chi connectivity index (χ3v) is 11.5. The lowest BCUT2D eigenvalue weighted by Gasteiger charge is -2.50. The van der Waals surface area contributed by atoms with Crippen molar-refractivity contribution in [3.63, 3.8) is 0 Å². The lowest BCUT2D eigenvalue weighted by atomic mass is 9.95. The van der Waals surface area contributed by atoms with E-state index in [-0.39, 0.29) is 4.90 Å². The largest absolute Gasteiger partial charge is 0.463 e. The minimum atomic E-state index is -2.28. The van der Waals surface area contributed by atoms with Gasteiger partial charge >= 0.3 is 59.7 Å². The van der Waals surface area contributed by atoms with Gasteiger partial charge < -0.3 is 71.1 Å². The van der Waals surface area contributed by atoms with Crippen molar-refractivity contribution in [1.82, 2.24) is 0 Å². The average molecular weight is 1030 g/mol. The molecular formula is C44H56O26S. The number of benzene rings is 1. The summed E-state index contributed by atoms with van der Waals surface area (Å²) < 4.78 is 101. The third kappa shape index (κ3) is 16.7. The van der Waals surface area contributed by atoms with E-state index in [2.05, 4.69) is 0 Å². The highest BCUT2D eigenvalue weighted by molar-refractivity contribution is 7.85. The molecule has 0 bridgehead atoms. The Morgan fingerprint density at radius 1 is 0.380 bits per heavy atom. The van der Waals surface area contributed by atoms with Crippen LogP contribution in [-0.4, -0.2) is 175 Å². The Bertz CT molecular complexity index is 2130. The van der Waals surface area contributed by atoms with Crippen molar-refractivity contribution in [2.24, 2.45) is 0 Å². The van der Waals surface area contributed by atoms with E-state index in [0.717, 1.165) is 69.2 Å². The highest BCUT2D eigenvalue weighted by Crippen LogP contribution is 2.39. The number of hydrogen-bond acceptors (Lipinski definition) is 26. The molecule has 71 heavy (non-hydrogen) atoms. The van der Waals surface area contributed by atoms with E-state index in [1.165, 1.54) is 12.1 Å². The molecule has 0 radical (unpaired) electrons. The Morgan fingerprint density at radius 2 is 0.676 bits per heavy atom. The Labute approximate surface area is 408 Å². The first-order valence-corrected chi connectivity index (χ1v) is 22.9. The first-order valence-electron chi connectivity index (χ1n) is 21.7. The van der Waals surface area contributed by atoms with Gasteiger partial charge in [0.1, 0.15) is 50.3 Å². The lowest BCUT2D eigenvalue weighted by Crippen LogP contribution is -2.69. The van der Waals surface area contributed by atoms with Crippen LogP contribution in [0.4, 0.5) is 0 Å². The Balaban J connectivity index is 2.01. The summed E-state index contributed by atoms with van der Waals surface area (Å²) in [5.74, 6) is -9.69. The van der Waals surface area contributed by atoms with Gasteiger partial charge in [0, 0.05) is 74.1 Å². The summed E-state index contributed by atoms with van der Waals surface area (Å²) in [6.45, 7) is 7.72. The molecule has 4 rings (SSSR count). The normalized spacial score (nSPS) is 30.6. The molecule has 0 amide bonds. The van der Waals surface area contributed by atoms with E-state index in [1.54, 1.807) is 18.2 Å². The van der Waals surface area contributed by atoms with Gasteiger partial charge in [-0.3, -0.25) is 52.2 Å². The standard InChI is InChI=1S/C44H56O26S/c1-19(45)56-16-30-33(59-22(4)48)36(62-25(7)51)39(63-26(8)52)42(66-30)69-37-34(60-23(5)49)31(17-57-20(2)46)67-43(40(37)64-27(9)53)70-38-35(61-24(6)50)32(18-58-21(3)47)68-44(41(38)65-28(10)54)71(55)29-14-12-11-13-15-29/h11-15,30-44H,16-18H2,1-10H3. The van der Waals surface area contributed by atoms with Crippen LogP contribution in [0.5, 0.6) is 0 Å². The smallest absolute Gasteiger partial charge is 0.303 e. The fraction of sp³-hybridized carbons (Fsp3) is 0.636. The molecule has 3 aliphatic rings. The van der Waals surface area contributed by atoms with Crippen molar-refractivity contribution in [2.45, 2.75) is 165 Å². The van der Waals surface area contributed by atoms with E-state index in [0.29, 0.717) is 0 Å². The monoisotopic (exact) mass is 1030 g/mol. The first kappa shape index (κ1) is 57.4. The zero-order chi connectivity index (χ0) is 52.9. The van der Waals surface area contributed by atoms with Crippen LogP contribution in [0.25, 0.3) is 0 Å². The number of carbonyl (C=O) groups excluding carboxylic acids is 10.